The van der Waals surface area contributed by atoms with Gasteiger partial charge in [0.05, 0.1) is 5.60 Å². The van der Waals surface area contributed by atoms with Gasteiger partial charge in [0.2, 0.25) is 0 Å². The van der Waals surface area contributed by atoms with Crippen molar-refractivity contribution in [2.75, 3.05) is 0 Å². The molecular weight excluding hydrogens is 228 g/mol. The van der Waals surface area contributed by atoms with Gasteiger partial charge in [-0.2, -0.15) is 0 Å². The van der Waals surface area contributed by atoms with E-state index in [1.807, 2.05) is 19.9 Å². The molecule has 0 aliphatic carbocycles. The molecule has 0 aromatic carbocycles. The highest BCUT2D eigenvalue weighted by molar-refractivity contribution is 5.80. The van der Waals surface area contributed by atoms with E-state index in [0.717, 1.165) is 18.4 Å². The number of rotatable bonds is 7. The topological polar surface area (TPSA) is 57.5 Å². The molecule has 0 bridgehead atoms. The molecule has 0 radical (unpaired) electrons. The molecule has 3 nitrogen and oxygen atoms in total. The summed E-state index contributed by atoms with van der Waals surface area (Å²) in [5, 5.41) is 18.3. The summed E-state index contributed by atoms with van der Waals surface area (Å²) >= 11 is 0. The van der Waals surface area contributed by atoms with Crippen LogP contribution in [0.15, 0.2) is 35.5 Å². The summed E-state index contributed by atoms with van der Waals surface area (Å²) in [5.74, 6) is -0.918. The van der Waals surface area contributed by atoms with E-state index in [2.05, 4.69) is 6.08 Å². The normalized spacial score (nSPS) is 12.8. The second-order valence-electron chi connectivity index (χ2n) is 5.22. The molecule has 0 fully saturated rings. The molecule has 0 aliphatic heterocycles. The SMILES string of the molecule is CC(C)=CCC/C(=C/C(=O)O)C/C=C/C(C)(C)O. The Morgan fingerprint density at radius 3 is 2.33 bits per heavy atom. The molecule has 0 atom stereocenters. The van der Waals surface area contributed by atoms with Crippen molar-refractivity contribution in [2.45, 2.75) is 52.6 Å². The molecule has 2 N–H and O–H groups in total. The van der Waals surface area contributed by atoms with E-state index in [9.17, 15) is 9.90 Å². The second-order valence-corrected chi connectivity index (χ2v) is 5.22. The van der Waals surface area contributed by atoms with E-state index >= 15 is 0 Å². The fourth-order valence-electron chi connectivity index (χ4n) is 1.45. The van der Waals surface area contributed by atoms with E-state index in [-0.39, 0.29) is 0 Å². The highest BCUT2D eigenvalue weighted by Crippen LogP contribution is 2.14. The number of carboxylic acid groups (broad SMARTS) is 1. The first-order valence-electron chi connectivity index (χ1n) is 6.16. The van der Waals surface area contributed by atoms with Gasteiger partial charge in [0.25, 0.3) is 0 Å². The van der Waals surface area contributed by atoms with Gasteiger partial charge in [-0.25, -0.2) is 4.79 Å². The van der Waals surface area contributed by atoms with Crippen LogP contribution >= 0.6 is 0 Å². The van der Waals surface area contributed by atoms with Gasteiger partial charge >= 0.3 is 5.97 Å². The highest BCUT2D eigenvalue weighted by Gasteiger charge is 2.06. The molecular formula is C15H24O3. The van der Waals surface area contributed by atoms with Crippen molar-refractivity contribution in [2.24, 2.45) is 0 Å². The summed E-state index contributed by atoms with van der Waals surface area (Å²) in [7, 11) is 0. The number of hydrogen-bond donors (Lipinski definition) is 2. The molecule has 3 heteroatoms. The minimum absolute atomic E-state index is 0.562. The number of aliphatic carboxylic acids is 1. The zero-order valence-corrected chi connectivity index (χ0v) is 11.7. The van der Waals surface area contributed by atoms with Gasteiger partial charge in [-0.1, -0.05) is 29.4 Å². The van der Waals surface area contributed by atoms with Crippen molar-refractivity contribution < 1.29 is 15.0 Å². The molecule has 0 aromatic heterocycles. The average molecular weight is 252 g/mol. The van der Waals surface area contributed by atoms with Crippen LogP contribution in [0.3, 0.4) is 0 Å². The number of carbonyl (C=O) groups is 1. The lowest BCUT2D eigenvalue weighted by atomic mass is 10.0. The zero-order valence-electron chi connectivity index (χ0n) is 11.7. The Balaban J connectivity index is 4.48. The number of hydrogen-bond acceptors (Lipinski definition) is 2. The van der Waals surface area contributed by atoms with Crippen LogP contribution in [0.1, 0.15) is 47.0 Å². The lowest BCUT2D eigenvalue weighted by Crippen LogP contribution is -2.13. The van der Waals surface area contributed by atoms with E-state index < -0.39 is 11.6 Å². The minimum Gasteiger partial charge on any atom is -0.478 e. The summed E-state index contributed by atoms with van der Waals surface area (Å²) < 4.78 is 0. The van der Waals surface area contributed by atoms with Crippen LogP contribution in [0.2, 0.25) is 0 Å². The lowest BCUT2D eigenvalue weighted by Gasteiger charge is -2.10. The van der Waals surface area contributed by atoms with Crippen LogP contribution in [0.4, 0.5) is 0 Å². The van der Waals surface area contributed by atoms with Gasteiger partial charge in [-0.3, -0.25) is 0 Å². The van der Waals surface area contributed by atoms with Crippen LogP contribution in [0, 0.1) is 0 Å². The summed E-state index contributed by atoms with van der Waals surface area (Å²) in [4.78, 5) is 10.7. The lowest BCUT2D eigenvalue weighted by molar-refractivity contribution is -0.131. The van der Waals surface area contributed by atoms with Gasteiger partial charge in [-0.05, 0) is 47.0 Å². The van der Waals surface area contributed by atoms with E-state index in [1.165, 1.54) is 11.6 Å². The van der Waals surface area contributed by atoms with Crippen LogP contribution in [0.25, 0.3) is 0 Å². The second kappa shape index (κ2) is 7.88. The van der Waals surface area contributed by atoms with Gasteiger partial charge < -0.3 is 10.2 Å². The predicted molar refractivity (Wildman–Crippen MR) is 74.4 cm³/mol. The summed E-state index contributed by atoms with van der Waals surface area (Å²) in [6.45, 7) is 7.42. The van der Waals surface area contributed by atoms with E-state index in [4.69, 9.17) is 5.11 Å². The highest BCUT2D eigenvalue weighted by atomic mass is 16.4. The standard InChI is InChI=1S/C15H24O3/c1-12(2)7-5-8-13(11-14(16)17)9-6-10-15(3,4)18/h6-7,10-11,18H,5,8-9H2,1-4H3,(H,16,17)/b10-6+,13-11-. The molecule has 18 heavy (non-hydrogen) atoms. The number of aliphatic hydroxyl groups is 1. The molecule has 0 amide bonds. The van der Waals surface area contributed by atoms with Gasteiger partial charge in [-0.15, -0.1) is 0 Å². The van der Waals surface area contributed by atoms with Crippen molar-refractivity contribution >= 4 is 5.97 Å². The van der Waals surface area contributed by atoms with Crippen LogP contribution in [-0.4, -0.2) is 21.8 Å². The number of allylic oxidation sites excluding steroid dienone is 4. The van der Waals surface area contributed by atoms with Gasteiger partial charge in [0, 0.05) is 6.08 Å². The van der Waals surface area contributed by atoms with Crippen molar-refractivity contribution in [1.29, 1.82) is 0 Å². The molecule has 0 rings (SSSR count). The Morgan fingerprint density at radius 1 is 1.28 bits per heavy atom. The van der Waals surface area contributed by atoms with E-state index in [1.54, 1.807) is 19.9 Å². The molecule has 0 spiro atoms. The maximum atomic E-state index is 10.7. The first-order chi connectivity index (χ1) is 8.20. The smallest absolute Gasteiger partial charge is 0.328 e. The minimum atomic E-state index is -0.918. The number of carboxylic acids is 1. The Morgan fingerprint density at radius 2 is 1.89 bits per heavy atom. The third kappa shape index (κ3) is 11.1. The van der Waals surface area contributed by atoms with Crippen LogP contribution in [0.5, 0.6) is 0 Å². The van der Waals surface area contributed by atoms with Crippen molar-refractivity contribution in [3.8, 4) is 0 Å². The van der Waals surface area contributed by atoms with Crippen LogP contribution < -0.4 is 0 Å². The van der Waals surface area contributed by atoms with Gasteiger partial charge in [0.15, 0.2) is 0 Å². The first-order valence-corrected chi connectivity index (χ1v) is 6.16. The van der Waals surface area contributed by atoms with Crippen molar-refractivity contribution in [3.05, 3.63) is 35.5 Å². The maximum Gasteiger partial charge on any atom is 0.328 e. The third-order valence-electron chi connectivity index (χ3n) is 2.25. The van der Waals surface area contributed by atoms with Gasteiger partial charge in [0.1, 0.15) is 0 Å². The molecule has 102 valence electrons. The van der Waals surface area contributed by atoms with Crippen molar-refractivity contribution in [3.63, 3.8) is 0 Å². The predicted octanol–water partition coefficient (Wildman–Crippen LogP) is 3.46. The monoisotopic (exact) mass is 252 g/mol. The Kier molecular flexibility index (Phi) is 7.29. The fourth-order valence-corrected chi connectivity index (χ4v) is 1.45. The Labute approximate surface area is 110 Å². The molecule has 0 aromatic rings. The molecule has 0 heterocycles. The molecule has 0 saturated carbocycles. The molecule has 0 unspecified atom stereocenters. The zero-order chi connectivity index (χ0) is 14.2. The quantitative estimate of drug-likeness (QED) is 0.539. The Hall–Kier alpha value is -1.35. The maximum absolute atomic E-state index is 10.7. The average Bonchev–Trinajstić information content (AvgIpc) is 2.13. The van der Waals surface area contributed by atoms with Crippen molar-refractivity contribution in [1.82, 2.24) is 0 Å². The summed E-state index contributed by atoms with van der Waals surface area (Å²) in [6.07, 6.45) is 8.99. The molecule has 0 aliphatic rings. The summed E-state index contributed by atoms with van der Waals surface area (Å²) in [6, 6.07) is 0. The molecule has 0 saturated heterocycles. The third-order valence-corrected chi connectivity index (χ3v) is 2.25. The van der Waals surface area contributed by atoms with E-state index in [0.29, 0.717) is 6.42 Å². The first kappa shape index (κ1) is 16.6. The van der Waals surface area contributed by atoms with Crippen LogP contribution in [-0.2, 0) is 4.79 Å². The largest absolute Gasteiger partial charge is 0.478 e. The summed E-state index contributed by atoms with van der Waals surface area (Å²) in [5.41, 5.74) is 1.24. The fraction of sp³-hybridized carbons (Fsp3) is 0.533. The Bertz CT molecular complexity index is 350.